The lowest BCUT2D eigenvalue weighted by Crippen LogP contribution is -2.47. The first-order valence-electron chi connectivity index (χ1n) is 9.90. The van der Waals surface area contributed by atoms with Crippen LogP contribution in [0, 0.1) is 6.92 Å². The molecule has 0 unspecified atom stereocenters. The third kappa shape index (κ3) is 4.70. The van der Waals surface area contributed by atoms with Gasteiger partial charge < -0.3 is 4.42 Å². The Kier molecular flexibility index (Phi) is 5.85. The fourth-order valence-corrected chi connectivity index (χ4v) is 4.84. The highest BCUT2D eigenvalue weighted by Gasteiger charge is 2.25. The molecular weight excluding hydrogens is 400 g/mol. The van der Waals surface area contributed by atoms with Crippen LogP contribution in [0.15, 0.2) is 69.2 Å². The second kappa shape index (κ2) is 8.55. The number of rotatable bonds is 5. The van der Waals surface area contributed by atoms with Crippen LogP contribution < -0.4 is 5.63 Å². The standard InChI is InChI=1S/C23H24N2O4S/c1-18-7-8-21-20(16-23(26)29-22(21)15-18)17-24-10-12-25(13-11-24)30(27,28)14-9-19-5-3-2-4-6-19/h2-9,14-16H,10-13,17H2,1H3/b14-9+. The fourth-order valence-electron chi connectivity index (χ4n) is 3.67. The van der Waals surface area contributed by atoms with Gasteiger partial charge in [-0.1, -0.05) is 42.5 Å². The molecule has 0 bridgehead atoms. The van der Waals surface area contributed by atoms with Crippen LogP contribution in [0.2, 0.25) is 0 Å². The number of piperazine rings is 1. The van der Waals surface area contributed by atoms with E-state index in [2.05, 4.69) is 4.90 Å². The Labute approximate surface area is 176 Å². The molecule has 4 rings (SSSR count). The minimum Gasteiger partial charge on any atom is -0.423 e. The molecule has 2 aromatic carbocycles. The van der Waals surface area contributed by atoms with Crippen molar-refractivity contribution in [2.24, 2.45) is 0 Å². The molecule has 0 atom stereocenters. The molecule has 0 spiro atoms. The van der Waals surface area contributed by atoms with Crippen molar-refractivity contribution in [1.29, 1.82) is 0 Å². The van der Waals surface area contributed by atoms with Gasteiger partial charge in [-0.25, -0.2) is 13.2 Å². The first-order chi connectivity index (χ1) is 14.4. The predicted molar refractivity (Wildman–Crippen MR) is 118 cm³/mol. The van der Waals surface area contributed by atoms with Gasteiger partial charge in [0.25, 0.3) is 0 Å². The summed E-state index contributed by atoms with van der Waals surface area (Å²) in [5, 5.41) is 2.19. The molecule has 0 radical (unpaired) electrons. The third-order valence-corrected chi connectivity index (χ3v) is 6.87. The van der Waals surface area contributed by atoms with Crippen molar-refractivity contribution in [3.63, 3.8) is 0 Å². The Balaban J connectivity index is 1.43. The molecule has 30 heavy (non-hydrogen) atoms. The summed E-state index contributed by atoms with van der Waals surface area (Å²) < 4.78 is 32.1. The SMILES string of the molecule is Cc1ccc2c(CN3CCN(S(=O)(=O)/C=C/c4ccccc4)CC3)cc(=O)oc2c1. The average Bonchev–Trinajstić information content (AvgIpc) is 2.73. The molecule has 7 heteroatoms. The van der Waals surface area contributed by atoms with E-state index in [1.54, 1.807) is 6.08 Å². The number of nitrogens with zero attached hydrogens (tertiary/aromatic N) is 2. The smallest absolute Gasteiger partial charge is 0.336 e. The van der Waals surface area contributed by atoms with Crippen LogP contribution in [0.1, 0.15) is 16.7 Å². The van der Waals surface area contributed by atoms with Crippen molar-refractivity contribution in [3.8, 4) is 0 Å². The number of fused-ring (bicyclic) bond motifs is 1. The van der Waals surface area contributed by atoms with Crippen LogP contribution in [-0.4, -0.2) is 43.8 Å². The monoisotopic (exact) mass is 424 g/mol. The summed E-state index contributed by atoms with van der Waals surface area (Å²) in [5.41, 5.74) is 3.01. The van der Waals surface area contributed by atoms with Crippen LogP contribution in [0.4, 0.5) is 0 Å². The topological polar surface area (TPSA) is 70.8 Å². The molecule has 1 aromatic heterocycles. The summed E-state index contributed by atoms with van der Waals surface area (Å²) in [6.45, 7) is 4.58. The van der Waals surface area contributed by atoms with E-state index in [0.29, 0.717) is 38.3 Å². The molecule has 156 valence electrons. The second-order valence-electron chi connectivity index (χ2n) is 7.52. The Morgan fingerprint density at radius 2 is 1.73 bits per heavy atom. The summed E-state index contributed by atoms with van der Waals surface area (Å²) >= 11 is 0. The first-order valence-corrected chi connectivity index (χ1v) is 11.4. The van der Waals surface area contributed by atoms with Gasteiger partial charge in [-0.05, 0) is 35.8 Å². The molecular formula is C23H24N2O4S. The molecule has 3 aromatic rings. The molecule has 1 fully saturated rings. The molecule has 6 nitrogen and oxygen atoms in total. The van der Waals surface area contributed by atoms with Crippen LogP contribution in [0.25, 0.3) is 17.0 Å². The second-order valence-corrected chi connectivity index (χ2v) is 9.34. The van der Waals surface area contributed by atoms with Crippen LogP contribution in [-0.2, 0) is 16.6 Å². The highest BCUT2D eigenvalue weighted by atomic mass is 32.2. The first kappa shape index (κ1) is 20.5. The van der Waals surface area contributed by atoms with Gasteiger partial charge in [-0.3, -0.25) is 4.90 Å². The third-order valence-electron chi connectivity index (χ3n) is 5.30. The van der Waals surface area contributed by atoms with E-state index < -0.39 is 10.0 Å². The Bertz CT molecular complexity index is 1230. The van der Waals surface area contributed by atoms with Crippen molar-refractivity contribution in [2.75, 3.05) is 26.2 Å². The van der Waals surface area contributed by atoms with Crippen molar-refractivity contribution in [2.45, 2.75) is 13.5 Å². The number of hydrogen-bond acceptors (Lipinski definition) is 5. The summed E-state index contributed by atoms with van der Waals surface area (Å²) in [7, 11) is -3.46. The number of benzene rings is 2. The quantitative estimate of drug-likeness (QED) is 0.588. The molecule has 1 saturated heterocycles. The average molecular weight is 425 g/mol. The summed E-state index contributed by atoms with van der Waals surface area (Å²) in [6.07, 6.45) is 1.62. The number of sulfonamides is 1. The fraction of sp³-hybridized carbons (Fsp3) is 0.261. The van der Waals surface area contributed by atoms with E-state index in [0.717, 1.165) is 22.1 Å². The van der Waals surface area contributed by atoms with Gasteiger partial charge in [0, 0.05) is 49.6 Å². The van der Waals surface area contributed by atoms with Crippen LogP contribution in [0.3, 0.4) is 0 Å². The lowest BCUT2D eigenvalue weighted by molar-refractivity contribution is 0.183. The molecule has 1 aliphatic rings. The largest absolute Gasteiger partial charge is 0.423 e. The maximum atomic E-state index is 12.6. The number of aryl methyl sites for hydroxylation is 1. The van der Waals surface area contributed by atoms with Crippen LogP contribution >= 0.6 is 0 Å². The number of hydrogen-bond donors (Lipinski definition) is 0. The van der Waals surface area contributed by atoms with E-state index in [9.17, 15) is 13.2 Å². The molecule has 2 heterocycles. The Hall–Kier alpha value is -2.74. The van der Waals surface area contributed by atoms with Crippen molar-refractivity contribution in [3.05, 3.63) is 87.1 Å². The summed E-state index contributed by atoms with van der Waals surface area (Å²) in [6, 6.07) is 16.7. The van der Waals surface area contributed by atoms with E-state index in [-0.39, 0.29) is 5.63 Å². The maximum Gasteiger partial charge on any atom is 0.336 e. The summed E-state index contributed by atoms with van der Waals surface area (Å²) in [4.78, 5) is 14.1. The van der Waals surface area contributed by atoms with E-state index >= 15 is 0 Å². The molecule has 0 saturated carbocycles. The van der Waals surface area contributed by atoms with Gasteiger partial charge in [0.2, 0.25) is 10.0 Å². The van der Waals surface area contributed by atoms with Gasteiger partial charge in [0.05, 0.1) is 0 Å². The highest BCUT2D eigenvalue weighted by Crippen LogP contribution is 2.21. The highest BCUT2D eigenvalue weighted by molar-refractivity contribution is 7.92. The molecule has 0 N–H and O–H groups in total. The van der Waals surface area contributed by atoms with E-state index in [1.165, 1.54) is 15.8 Å². The van der Waals surface area contributed by atoms with Gasteiger partial charge in [-0.2, -0.15) is 4.31 Å². The lowest BCUT2D eigenvalue weighted by atomic mass is 10.1. The Morgan fingerprint density at radius 1 is 1.00 bits per heavy atom. The van der Waals surface area contributed by atoms with Crippen LogP contribution in [0.5, 0.6) is 0 Å². The zero-order valence-corrected chi connectivity index (χ0v) is 17.6. The molecule has 0 amide bonds. The van der Waals surface area contributed by atoms with Gasteiger partial charge in [0.1, 0.15) is 5.58 Å². The van der Waals surface area contributed by atoms with E-state index in [4.69, 9.17) is 4.42 Å². The van der Waals surface area contributed by atoms with E-state index in [1.807, 2.05) is 55.5 Å². The minimum absolute atomic E-state index is 0.365. The Morgan fingerprint density at radius 3 is 2.47 bits per heavy atom. The maximum absolute atomic E-state index is 12.6. The summed E-state index contributed by atoms with van der Waals surface area (Å²) in [5.74, 6) is 0. The molecule has 0 aliphatic carbocycles. The zero-order chi connectivity index (χ0) is 21.1. The van der Waals surface area contributed by atoms with Gasteiger partial charge >= 0.3 is 5.63 Å². The van der Waals surface area contributed by atoms with Crippen molar-refractivity contribution in [1.82, 2.24) is 9.21 Å². The van der Waals surface area contributed by atoms with Gasteiger partial charge in [0.15, 0.2) is 0 Å². The zero-order valence-electron chi connectivity index (χ0n) is 16.8. The lowest BCUT2D eigenvalue weighted by Gasteiger charge is -2.33. The predicted octanol–water partition coefficient (Wildman–Crippen LogP) is 3.22. The minimum atomic E-state index is -3.46. The van der Waals surface area contributed by atoms with Gasteiger partial charge in [-0.15, -0.1) is 0 Å². The van der Waals surface area contributed by atoms with Crippen molar-refractivity contribution >= 4 is 27.1 Å². The van der Waals surface area contributed by atoms with Crippen molar-refractivity contribution < 1.29 is 12.8 Å². The normalized spacial score (nSPS) is 16.4. The molecule has 1 aliphatic heterocycles.